The largest absolute Gasteiger partial charge is 0.389 e. The molecule has 0 aliphatic rings. The molecule has 5 heteroatoms. The van der Waals surface area contributed by atoms with Crippen molar-refractivity contribution in [3.8, 4) is 0 Å². The van der Waals surface area contributed by atoms with Crippen LogP contribution in [0.1, 0.15) is 12.5 Å². The van der Waals surface area contributed by atoms with E-state index in [1.807, 2.05) is 18.2 Å². The second-order valence-corrected chi connectivity index (χ2v) is 5.32. The van der Waals surface area contributed by atoms with E-state index in [0.717, 1.165) is 17.0 Å². The van der Waals surface area contributed by atoms with Crippen molar-refractivity contribution >= 4 is 46.3 Å². The zero-order valence-electron chi connectivity index (χ0n) is 9.29. The molecule has 1 unspecified atom stereocenters. The summed E-state index contributed by atoms with van der Waals surface area (Å²) in [5, 5.41) is 3.95. The number of thioether (sulfide) groups is 1. The van der Waals surface area contributed by atoms with Gasteiger partial charge in [-0.1, -0.05) is 23.8 Å². The van der Waals surface area contributed by atoms with Gasteiger partial charge in [0.2, 0.25) is 0 Å². The van der Waals surface area contributed by atoms with Crippen LogP contribution < -0.4 is 11.1 Å². The van der Waals surface area contributed by atoms with Crippen LogP contribution in [0.4, 0.5) is 5.69 Å². The molecule has 0 spiro atoms. The third-order valence-electron chi connectivity index (χ3n) is 2.06. The fourth-order valence-electron chi connectivity index (χ4n) is 1.38. The monoisotopic (exact) mass is 274 g/mol. The third-order valence-corrected chi connectivity index (χ3v) is 3.43. The van der Waals surface area contributed by atoms with Crippen molar-refractivity contribution < 1.29 is 0 Å². The van der Waals surface area contributed by atoms with Gasteiger partial charge in [-0.05, 0) is 31.4 Å². The number of thiocarbonyl (C=S) groups is 1. The minimum Gasteiger partial charge on any atom is -0.389 e. The number of rotatable bonds is 5. The van der Waals surface area contributed by atoms with E-state index in [0.29, 0.717) is 16.1 Å². The summed E-state index contributed by atoms with van der Waals surface area (Å²) in [7, 11) is 0. The first kappa shape index (κ1) is 13.6. The van der Waals surface area contributed by atoms with E-state index < -0.39 is 0 Å². The zero-order valence-corrected chi connectivity index (χ0v) is 11.7. The lowest BCUT2D eigenvalue weighted by molar-refractivity contribution is 0.914. The summed E-state index contributed by atoms with van der Waals surface area (Å²) in [5.74, 6) is 1.05. The average Bonchev–Trinajstić information content (AvgIpc) is 2.17. The molecule has 0 heterocycles. The quantitative estimate of drug-likeness (QED) is 0.809. The lowest BCUT2D eigenvalue weighted by Gasteiger charge is -2.14. The first-order valence-corrected chi connectivity index (χ1v) is 7.07. The standard InChI is InChI=1S/C11H15ClN2S2/c1-7(6-16-2)14-8-3-4-9(11(13)15)10(12)5-8/h3-5,7,14H,6H2,1-2H3,(H2,13,15). The number of hydrogen-bond donors (Lipinski definition) is 2. The van der Waals surface area contributed by atoms with E-state index >= 15 is 0 Å². The highest BCUT2D eigenvalue weighted by atomic mass is 35.5. The van der Waals surface area contributed by atoms with Crippen molar-refractivity contribution in [3.63, 3.8) is 0 Å². The Morgan fingerprint density at radius 2 is 2.31 bits per heavy atom. The molecule has 3 N–H and O–H groups in total. The number of halogens is 1. The van der Waals surface area contributed by atoms with Crippen LogP contribution in [-0.2, 0) is 0 Å². The molecule has 0 fully saturated rings. The van der Waals surface area contributed by atoms with Crippen LogP contribution in [0.3, 0.4) is 0 Å². The predicted octanol–water partition coefficient (Wildman–Crippen LogP) is 3.14. The van der Waals surface area contributed by atoms with Crippen molar-refractivity contribution in [2.24, 2.45) is 5.73 Å². The molecule has 0 aromatic heterocycles. The van der Waals surface area contributed by atoms with Crippen molar-refractivity contribution in [3.05, 3.63) is 28.8 Å². The number of anilines is 1. The third kappa shape index (κ3) is 3.85. The van der Waals surface area contributed by atoms with Gasteiger partial charge in [-0.2, -0.15) is 11.8 Å². The molecular formula is C11H15ClN2S2. The Labute approximate surface area is 111 Å². The second kappa shape index (κ2) is 6.33. The van der Waals surface area contributed by atoms with E-state index in [1.54, 1.807) is 11.8 Å². The molecule has 0 saturated heterocycles. The predicted molar refractivity (Wildman–Crippen MR) is 78.8 cm³/mol. The van der Waals surface area contributed by atoms with Crippen LogP contribution >= 0.6 is 35.6 Å². The van der Waals surface area contributed by atoms with Gasteiger partial charge in [0.05, 0.1) is 5.02 Å². The van der Waals surface area contributed by atoms with Gasteiger partial charge in [-0.25, -0.2) is 0 Å². The molecule has 0 saturated carbocycles. The molecule has 88 valence electrons. The Morgan fingerprint density at radius 1 is 1.62 bits per heavy atom. The minimum absolute atomic E-state index is 0.328. The lowest BCUT2D eigenvalue weighted by atomic mass is 10.2. The Bertz CT molecular complexity index is 382. The Morgan fingerprint density at radius 3 is 2.81 bits per heavy atom. The van der Waals surface area contributed by atoms with Crippen LogP contribution in [-0.4, -0.2) is 23.0 Å². The van der Waals surface area contributed by atoms with Gasteiger partial charge < -0.3 is 11.1 Å². The molecule has 1 atom stereocenters. The van der Waals surface area contributed by atoms with E-state index in [4.69, 9.17) is 29.6 Å². The highest BCUT2D eigenvalue weighted by molar-refractivity contribution is 7.98. The van der Waals surface area contributed by atoms with Crippen molar-refractivity contribution in [2.45, 2.75) is 13.0 Å². The van der Waals surface area contributed by atoms with E-state index in [2.05, 4.69) is 18.5 Å². The van der Waals surface area contributed by atoms with Crippen molar-refractivity contribution in [1.29, 1.82) is 0 Å². The molecule has 16 heavy (non-hydrogen) atoms. The molecule has 1 rings (SSSR count). The summed E-state index contributed by atoms with van der Waals surface area (Å²) in [6, 6.07) is 6.05. The molecule has 0 aliphatic heterocycles. The summed E-state index contributed by atoms with van der Waals surface area (Å²) in [6.45, 7) is 2.13. The SMILES string of the molecule is CSCC(C)Nc1ccc(C(N)=S)c(Cl)c1. The van der Waals surface area contributed by atoms with Crippen LogP contribution in [0.2, 0.25) is 5.02 Å². The maximum absolute atomic E-state index is 6.07. The first-order valence-electron chi connectivity index (χ1n) is 4.89. The second-order valence-electron chi connectivity index (χ2n) is 3.56. The van der Waals surface area contributed by atoms with Crippen LogP contribution in [0, 0.1) is 0 Å². The van der Waals surface area contributed by atoms with Gasteiger partial charge in [-0.15, -0.1) is 0 Å². The smallest absolute Gasteiger partial charge is 0.105 e. The molecule has 0 bridgehead atoms. The lowest BCUT2D eigenvalue weighted by Crippen LogP contribution is -2.18. The van der Waals surface area contributed by atoms with Crippen LogP contribution in [0.5, 0.6) is 0 Å². The van der Waals surface area contributed by atoms with Gasteiger partial charge in [0.1, 0.15) is 4.99 Å². The summed E-state index contributed by atoms with van der Waals surface area (Å²) in [4.78, 5) is 0.328. The number of benzene rings is 1. The molecule has 1 aromatic rings. The molecule has 1 aromatic carbocycles. The van der Waals surface area contributed by atoms with Crippen LogP contribution in [0.25, 0.3) is 0 Å². The van der Waals surface area contributed by atoms with Crippen LogP contribution in [0.15, 0.2) is 18.2 Å². The van der Waals surface area contributed by atoms with E-state index in [-0.39, 0.29) is 0 Å². The molecular weight excluding hydrogens is 260 g/mol. The summed E-state index contributed by atoms with van der Waals surface area (Å²) in [6.07, 6.45) is 2.08. The Balaban J connectivity index is 2.77. The molecule has 2 nitrogen and oxygen atoms in total. The van der Waals surface area contributed by atoms with Gasteiger partial charge in [-0.3, -0.25) is 0 Å². The Hall–Kier alpha value is -0.450. The molecule has 0 aliphatic carbocycles. The molecule has 0 amide bonds. The zero-order chi connectivity index (χ0) is 12.1. The number of hydrogen-bond acceptors (Lipinski definition) is 3. The van der Waals surface area contributed by atoms with Gasteiger partial charge in [0.15, 0.2) is 0 Å². The summed E-state index contributed by atoms with van der Waals surface area (Å²) >= 11 is 12.8. The van der Waals surface area contributed by atoms with Gasteiger partial charge >= 0.3 is 0 Å². The number of nitrogens with one attached hydrogen (secondary N) is 1. The normalized spacial score (nSPS) is 12.2. The maximum atomic E-state index is 6.07. The first-order chi connectivity index (χ1) is 7.54. The average molecular weight is 275 g/mol. The fourth-order valence-corrected chi connectivity index (χ4v) is 2.48. The minimum atomic E-state index is 0.328. The topological polar surface area (TPSA) is 38.0 Å². The van der Waals surface area contributed by atoms with Gasteiger partial charge in [0.25, 0.3) is 0 Å². The Kier molecular flexibility index (Phi) is 5.38. The van der Waals surface area contributed by atoms with E-state index in [1.165, 1.54) is 0 Å². The van der Waals surface area contributed by atoms with Gasteiger partial charge in [0, 0.05) is 23.0 Å². The highest BCUT2D eigenvalue weighted by Crippen LogP contribution is 2.21. The van der Waals surface area contributed by atoms with Crippen molar-refractivity contribution in [2.75, 3.05) is 17.3 Å². The molecule has 0 radical (unpaired) electrons. The number of nitrogens with two attached hydrogens (primary N) is 1. The summed E-state index contributed by atoms with van der Waals surface area (Å²) < 4.78 is 0. The van der Waals surface area contributed by atoms with Crippen molar-refractivity contribution in [1.82, 2.24) is 0 Å². The highest BCUT2D eigenvalue weighted by Gasteiger charge is 2.06. The fraction of sp³-hybridized carbons (Fsp3) is 0.364. The summed E-state index contributed by atoms with van der Waals surface area (Å²) in [5.41, 5.74) is 7.25. The maximum Gasteiger partial charge on any atom is 0.105 e. The van der Waals surface area contributed by atoms with E-state index in [9.17, 15) is 0 Å².